The Morgan fingerprint density at radius 2 is 2.04 bits per heavy atom. The summed E-state index contributed by atoms with van der Waals surface area (Å²) in [4.78, 5) is 21.3. The fourth-order valence-electron chi connectivity index (χ4n) is 2.90. The molecule has 0 radical (unpaired) electrons. The van der Waals surface area contributed by atoms with Crippen LogP contribution >= 0.6 is 0 Å². The first kappa shape index (κ1) is 19.3. The molecular formula is C15H18N4O7. The van der Waals surface area contributed by atoms with Crippen molar-refractivity contribution in [2.75, 3.05) is 26.0 Å². The summed E-state index contributed by atoms with van der Waals surface area (Å²) in [5, 5.41) is 44.5. The molecule has 2 rings (SSSR count). The zero-order chi connectivity index (χ0) is 19.5. The number of hydrogen-bond donors (Lipinski definition) is 4. The van der Waals surface area contributed by atoms with Gasteiger partial charge in [0.2, 0.25) is 0 Å². The number of nitrogens with two attached hydrogens (primary N) is 1. The molecule has 0 bridgehead atoms. The van der Waals surface area contributed by atoms with Crippen LogP contribution in [-0.2, 0) is 10.3 Å². The molecule has 0 saturated carbocycles. The highest BCUT2D eigenvalue weighted by Crippen LogP contribution is 2.45. The molecule has 0 saturated heterocycles. The number of nitrogen functional groups attached to an aromatic ring is 1. The van der Waals surface area contributed by atoms with Crippen LogP contribution in [0.25, 0.3) is 0 Å². The molecule has 2 unspecified atom stereocenters. The summed E-state index contributed by atoms with van der Waals surface area (Å²) in [6.45, 7) is -0.112. The van der Waals surface area contributed by atoms with Crippen molar-refractivity contribution in [1.29, 1.82) is 0 Å². The van der Waals surface area contributed by atoms with Gasteiger partial charge in [0, 0.05) is 25.8 Å². The van der Waals surface area contributed by atoms with Gasteiger partial charge in [0.05, 0.1) is 28.1 Å². The summed E-state index contributed by atoms with van der Waals surface area (Å²) < 4.78 is 5.52. The minimum Gasteiger partial charge on any atom is -0.506 e. The van der Waals surface area contributed by atoms with Gasteiger partial charge in [-0.2, -0.15) is 0 Å². The average molecular weight is 366 g/mol. The van der Waals surface area contributed by atoms with Crippen LogP contribution < -0.4 is 11.1 Å². The van der Waals surface area contributed by atoms with Crippen molar-refractivity contribution in [3.63, 3.8) is 0 Å². The van der Waals surface area contributed by atoms with E-state index in [2.05, 4.69) is 5.32 Å². The van der Waals surface area contributed by atoms with E-state index in [4.69, 9.17) is 15.6 Å². The lowest BCUT2D eigenvalue weighted by Gasteiger charge is -2.37. The molecule has 140 valence electrons. The number of anilines is 1. The van der Waals surface area contributed by atoms with Crippen LogP contribution in [0.5, 0.6) is 5.75 Å². The van der Waals surface area contributed by atoms with Crippen molar-refractivity contribution in [3.8, 4) is 5.75 Å². The van der Waals surface area contributed by atoms with E-state index >= 15 is 0 Å². The third kappa shape index (κ3) is 3.22. The van der Waals surface area contributed by atoms with Crippen molar-refractivity contribution in [3.05, 3.63) is 61.8 Å². The third-order valence-electron chi connectivity index (χ3n) is 4.11. The van der Waals surface area contributed by atoms with Crippen LogP contribution in [0.15, 0.2) is 36.1 Å². The zero-order valence-corrected chi connectivity index (χ0v) is 13.8. The lowest BCUT2D eigenvalue weighted by molar-refractivity contribution is -0.420. The molecule has 2 atom stereocenters. The van der Waals surface area contributed by atoms with Crippen molar-refractivity contribution in [1.82, 2.24) is 5.32 Å². The van der Waals surface area contributed by atoms with E-state index < -0.39 is 38.6 Å². The first-order valence-corrected chi connectivity index (χ1v) is 7.49. The van der Waals surface area contributed by atoms with Crippen molar-refractivity contribution in [2.24, 2.45) is 0 Å². The Hall–Kier alpha value is -3.02. The predicted molar refractivity (Wildman–Crippen MR) is 91.0 cm³/mol. The van der Waals surface area contributed by atoms with Gasteiger partial charge in [-0.1, -0.05) is 6.08 Å². The smallest absolute Gasteiger partial charge is 0.302 e. The highest BCUT2D eigenvalue weighted by atomic mass is 16.6. The standard InChI is InChI=1S/C15H18N4O7/c1-26-15(10-3-4-11(21)13(16)14(10)19(24)25)8-9(18(22)23)2-5-12(15)17-6-7-20/h2-5,8,12,17,20-21H,6-7,16H2,1H3. The molecule has 0 spiro atoms. The quantitative estimate of drug-likeness (QED) is 0.230. The topological polar surface area (TPSA) is 174 Å². The molecule has 1 aliphatic carbocycles. The summed E-state index contributed by atoms with van der Waals surface area (Å²) in [7, 11) is 1.24. The minimum atomic E-state index is -1.66. The lowest BCUT2D eigenvalue weighted by atomic mass is 9.80. The molecular weight excluding hydrogens is 348 g/mol. The van der Waals surface area contributed by atoms with E-state index in [0.717, 1.165) is 12.1 Å². The molecule has 0 aromatic heterocycles. The van der Waals surface area contributed by atoms with Gasteiger partial charge in [-0.15, -0.1) is 0 Å². The van der Waals surface area contributed by atoms with E-state index in [1.807, 2.05) is 0 Å². The molecule has 0 aliphatic heterocycles. The second kappa shape index (κ2) is 7.47. The Labute approximate surface area is 147 Å². The van der Waals surface area contributed by atoms with Crippen molar-refractivity contribution in [2.45, 2.75) is 11.6 Å². The Bertz CT molecular complexity index is 792. The molecule has 11 heteroatoms. The zero-order valence-electron chi connectivity index (χ0n) is 13.8. The number of aliphatic hydroxyl groups is 1. The summed E-state index contributed by atoms with van der Waals surface area (Å²) in [5.41, 5.74) is 2.52. The number of nitrogens with one attached hydrogen (secondary N) is 1. The highest BCUT2D eigenvalue weighted by Gasteiger charge is 2.47. The van der Waals surface area contributed by atoms with Crippen LogP contribution in [0.2, 0.25) is 0 Å². The number of nitro benzene ring substituents is 1. The number of hydrogen-bond acceptors (Lipinski definition) is 9. The van der Waals surface area contributed by atoms with Gasteiger partial charge in [0.1, 0.15) is 11.4 Å². The number of allylic oxidation sites excluding steroid dienone is 1. The fourth-order valence-corrected chi connectivity index (χ4v) is 2.90. The minimum absolute atomic E-state index is 0.0700. The number of benzene rings is 1. The number of aromatic hydroxyl groups is 1. The maximum Gasteiger partial charge on any atom is 0.302 e. The number of nitro groups is 2. The van der Waals surface area contributed by atoms with Gasteiger partial charge < -0.3 is 26.0 Å². The molecule has 0 amide bonds. The van der Waals surface area contributed by atoms with Gasteiger partial charge in [-0.3, -0.25) is 20.2 Å². The molecule has 11 nitrogen and oxygen atoms in total. The van der Waals surface area contributed by atoms with E-state index in [9.17, 15) is 25.3 Å². The van der Waals surface area contributed by atoms with E-state index in [1.165, 1.54) is 25.3 Å². The number of phenols is 1. The maximum absolute atomic E-state index is 11.6. The largest absolute Gasteiger partial charge is 0.506 e. The van der Waals surface area contributed by atoms with Crippen molar-refractivity contribution < 1.29 is 24.8 Å². The van der Waals surface area contributed by atoms with Crippen LogP contribution in [0, 0.1) is 20.2 Å². The molecule has 1 aliphatic rings. The summed E-state index contributed by atoms with van der Waals surface area (Å²) in [5.74, 6) is -0.489. The number of nitrogens with zero attached hydrogens (tertiary/aromatic N) is 2. The molecule has 0 fully saturated rings. The SMILES string of the molecule is COC1(c2ccc(O)c(N)c2[N+](=O)[O-])C=C([N+](=O)[O-])C=CC1NCCO. The Morgan fingerprint density at radius 3 is 2.58 bits per heavy atom. The molecule has 1 aromatic carbocycles. The maximum atomic E-state index is 11.6. The normalized spacial score (nSPS) is 22.1. The van der Waals surface area contributed by atoms with Gasteiger partial charge in [0.15, 0.2) is 5.69 Å². The summed E-state index contributed by atoms with van der Waals surface area (Å²) >= 11 is 0. The second-order valence-electron chi connectivity index (χ2n) is 5.49. The van der Waals surface area contributed by atoms with Gasteiger partial charge in [-0.05, 0) is 12.1 Å². The summed E-state index contributed by atoms with van der Waals surface area (Å²) in [6, 6.07) is 1.61. The van der Waals surface area contributed by atoms with E-state index in [-0.39, 0.29) is 24.4 Å². The van der Waals surface area contributed by atoms with Crippen LogP contribution in [0.4, 0.5) is 11.4 Å². The third-order valence-corrected chi connectivity index (χ3v) is 4.11. The second-order valence-corrected chi connectivity index (χ2v) is 5.49. The average Bonchev–Trinajstić information content (AvgIpc) is 2.61. The van der Waals surface area contributed by atoms with Crippen LogP contribution in [-0.4, -0.2) is 46.4 Å². The van der Waals surface area contributed by atoms with Crippen molar-refractivity contribution >= 4 is 11.4 Å². The van der Waals surface area contributed by atoms with Crippen LogP contribution in [0.3, 0.4) is 0 Å². The molecule has 26 heavy (non-hydrogen) atoms. The van der Waals surface area contributed by atoms with E-state index in [1.54, 1.807) is 0 Å². The van der Waals surface area contributed by atoms with E-state index in [0.29, 0.717) is 0 Å². The molecule has 0 heterocycles. The first-order chi connectivity index (χ1) is 12.3. The fraction of sp³-hybridized carbons (Fsp3) is 0.333. The van der Waals surface area contributed by atoms with Gasteiger partial charge in [0.25, 0.3) is 5.70 Å². The number of rotatable bonds is 7. The van der Waals surface area contributed by atoms with Crippen LogP contribution in [0.1, 0.15) is 5.56 Å². The monoisotopic (exact) mass is 366 g/mol. The van der Waals surface area contributed by atoms with Gasteiger partial charge >= 0.3 is 5.69 Å². The Balaban J connectivity index is 2.77. The Morgan fingerprint density at radius 1 is 1.35 bits per heavy atom. The number of methoxy groups -OCH3 is 1. The number of phenolic OH excluding ortho intramolecular Hbond substituents is 1. The molecule has 5 N–H and O–H groups in total. The van der Waals surface area contributed by atoms with Gasteiger partial charge in [-0.25, -0.2) is 0 Å². The predicted octanol–water partition coefficient (Wildman–Crippen LogP) is 0.405. The first-order valence-electron chi connectivity index (χ1n) is 7.49. The summed E-state index contributed by atoms with van der Waals surface area (Å²) in [6.07, 6.45) is 3.80. The lowest BCUT2D eigenvalue weighted by Crippen LogP contribution is -2.50. The number of aliphatic hydroxyl groups excluding tert-OH is 1. The number of ether oxygens (including phenoxy) is 1. The molecule has 1 aromatic rings. The highest BCUT2D eigenvalue weighted by molar-refractivity contribution is 5.72. The Kier molecular flexibility index (Phi) is 5.55.